The van der Waals surface area contributed by atoms with Gasteiger partial charge in [-0.05, 0) is 6.07 Å². The van der Waals surface area contributed by atoms with Crippen LogP contribution in [-0.2, 0) is 0 Å². The lowest BCUT2D eigenvalue weighted by Crippen LogP contribution is -2.03. The first-order valence-corrected chi connectivity index (χ1v) is 3.39. The highest BCUT2D eigenvalue weighted by atomic mass is 16.5. The van der Waals surface area contributed by atoms with Crippen molar-refractivity contribution in [2.24, 2.45) is 0 Å². The Bertz CT molecular complexity index is 371. The molecule has 0 unspecified atom stereocenters. The van der Waals surface area contributed by atoms with Crippen molar-refractivity contribution in [1.29, 1.82) is 0 Å². The van der Waals surface area contributed by atoms with Crippen LogP contribution in [0.3, 0.4) is 0 Å². The second-order valence-corrected chi connectivity index (χ2v) is 2.31. The van der Waals surface area contributed by atoms with Gasteiger partial charge in [0, 0.05) is 11.6 Å². The van der Waals surface area contributed by atoms with Crippen molar-refractivity contribution >= 4 is 0 Å². The molecule has 0 spiro atoms. The van der Waals surface area contributed by atoms with E-state index in [0.29, 0.717) is 11.7 Å². The van der Waals surface area contributed by atoms with Gasteiger partial charge in [-0.1, -0.05) is 0 Å². The Morgan fingerprint density at radius 2 is 2.33 bits per heavy atom. The molecule has 2 heterocycles. The van der Waals surface area contributed by atoms with Crippen molar-refractivity contribution in [3.63, 3.8) is 0 Å². The summed E-state index contributed by atoms with van der Waals surface area (Å²) < 4.78 is 5.73. The first-order valence-electron chi connectivity index (χ1n) is 3.39. The number of methoxy groups -OCH3 is 1. The summed E-state index contributed by atoms with van der Waals surface area (Å²) in [5, 5.41) is 16.8. The summed E-state index contributed by atoms with van der Waals surface area (Å²) in [6.07, 6.45) is 1.57. The third-order valence-electron chi connectivity index (χ3n) is 1.63. The standard InChI is InChI=1S/C7H7N3O2/c1-12-6-3-2-5-4-8-9-7(5)10(6)11/h2-4,11H,1H3. The molecule has 0 amide bonds. The quantitative estimate of drug-likeness (QED) is 0.629. The monoisotopic (exact) mass is 165 g/mol. The van der Waals surface area contributed by atoms with E-state index in [0.717, 1.165) is 10.3 Å². The molecule has 1 N–H and O–H groups in total. The Balaban J connectivity index is 2.70. The minimum Gasteiger partial charge on any atom is -0.480 e. The predicted molar refractivity (Wildman–Crippen MR) is 40.4 cm³/mol. The third-order valence-corrected chi connectivity index (χ3v) is 1.63. The average Bonchev–Trinajstić information content (AvgIpc) is 2.53. The van der Waals surface area contributed by atoms with Crippen LogP contribution in [0.2, 0.25) is 0 Å². The molecule has 2 rings (SSSR count). The second kappa shape index (κ2) is 2.37. The van der Waals surface area contributed by atoms with Gasteiger partial charge >= 0.3 is 0 Å². The summed E-state index contributed by atoms with van der Waals surface area (Å²) >= 11 is 0. The lowest BCUT2D eigenvalue weighted by atomic mass is 10.3. The van der Waals surface area contributed by atoms with E-state index in [2.05, 4.69) is 10.2 Å². The molecular formula is C7H7N3O2. The Morgan fingerprint density at radius 3 is 3.08 bits per heavy atom. The fraction of sp³-hybridized carbons (Fsp3) is 0.143. The molecule has 2 aliphatic rings. The maximum absolute atomic E-state index is 9.43. The van der Waals surface area contributed by atoms with Gasteiger partial charge in [-0.3, -0.25) is 0 Å². The van der Waals surface area contributed by atoms with Crippen LogP contribution in [0.4, 0.5) is 0 Å². The molecule has 12 heavy (non-hydrogen) atoms. The molecule has 0 bridgehead atoms. The van der Waals surface area contributed by atoms with E-state index in [1.165, 1.54) is 7.11 Å². The Kier molecular flexibility index (Phi) is 1.36. The number of aromatic nitrogens is 3. The molecule has 0 aromatic carbocycles. The lowest BCUT2D eigenvalue weighted by molar-refractivity contribution is 0.151. The molecule has 0 fully saturated rings. The van der Waals surface area contributed by atoms with E-state index < -0.39 is 0 Å². The topological polar surface area (TPSA) is 60.2 Å². The molecular weight excluding hydrogens is 158 g/mol. The zero-order valence-corrected chi connectivity index (χ0v) is 6.43. The number of ether oxygens (including phenoxy) is 1. The lowest BCUT2D eigenvalue weighted by Gasteiger charge is -2.07. The summed E-state index contributed by atoms with van der Waals surface area (Å²) in [6.45, 7) is 0. The molecule has 0 aliphatic carbocycles. The van der Waals surface area contributed by atoms with Crippen LogP contribution < -0.4 is 4.74 Å². The van der Waals surface area contributed by atoms with Crippen LogP contribution >= 0.6 is 0 Å². The van der Waals surface area contributed by atoms with Gasteiger partial charge in [-0.15, -0.1) is 9.83 Å². The fourth-order valence-electron chi connectivity index (χ4n) is 1.03. The molecule has 0 atom stereocenters. The van der Waals surface area contributed by atoms with Gasteiger partial charge in [-0.25, -0.2) is 0 Å². The second-order valence-electron chi connectivity index (χ2n) is 2.31. The van der Waals surface area contributed by atoms with Crippen LogP contribution in [0.25, 0.3) is 11.4 Å². The Morgan fingerprint density at radius 1 is 1.50 bits per heavy atom. The minimum absolute atomic E-state index is 0.336. The van der Waals surface area contributed by atoms with Crippen molar-refractivity contribution in [2.45, 2.75) is 0 Å². The van der Waals surface area contributed by atoms with E-state index in [4.69, 9.17) is 4.74 Å². The molecule has 5 nitrogen and oxygen atoms in total. The molecule has 62 valence electrons. The van der Waals surface area contributed by atoms with E-state index >= 15 is 0 Å². The van der Waals surface area contributed by atoms with Crippen LogP contribution in [0, 0.1) is 0 Å². The first kappa shape index (κ1) is 6.90. The summed E-state index contributed by atoms with van der Waals surface area (Å²) in [5.74, 6) is 0.734. The highest BCUT2D eigenvalue weighted by molar-refractivity contribution is 5.56. The fourth-order valence-corrected chi connectivity index (χ4v) is 1.03. The van der Waals surface area contributed by atoms with E-state index in [9.17, 15) is 5.21 Å². The number of hydrogen-bond acceptors (Lipinski definition) is 4. The van der Waals surface area contributed by atoms with E-state index in [-0.39, 0.29) is 0 Å². The largest absolute Gasteiger partial charge is 0.480 e. The van der Waals surface area contributed by atoms with Gasteiger partial charge in [0.2, 0.25) is 11.7 Å². The first-order chi connectivity index (χ1) is 5.83. The molecule has 2 aliphatic heterocycles. The smallest absolute Gasteiger partial charge is 0.229 e. The van der Waals surface area contributed by atoms with Gasteiger partial charge in [0.25, 0.3) is 0 Å². The number of pyridine rings is 1. The highest BCUT2D eigenvalue weighted by Gasteiger charge is 2.12. The van der Waals surface area contributed by atoms with E-state index in [1.807, 2.05) is 0 Å². The zero-order valence-electron chi connectivity index (χ0n) is 6.43. The third kappa shape index (κ3) is 0.795. The normalized spacial score (nSPS) is 10.4. The van der Waals surface area contributed by atoms with E-state index in [1.54, 1.807) is 18.3 Å². The van der Waals surface area contributed by atoms with Crippen molar-refractivity contribution in [2.75, 3.05) is 7.11 Å². The van der Waals surface area contributed by atoms with Gasteiger partial charge in [0.1, 0.15) is 0 Å². The van der Waals surface area contributed by atoms with Crippen LogP contribution in [-0.4, -0.2) is 27.2 Å². The summed E-state index contributed by atoms with van der Waals surface area (Å²) in [4.78, 5) is 0. The molecule has 0 saturated heterocycles. The minimum atomic E-state index is 0.336. The van der Waals surface area contributed by atoms with Crippen molar-refractivity contribution < 1.29 is 9.94 Å². The van der Waals surface area contributed by atoms with Gasteiger partial charge in [0.05, 0.1) is 13.3 Å². The van der Waals surface area contributed by atoms with Crippen LogP contribution in [0.15, 0.2) is 18.3 Å². The number of hydrogen-bond donors (Lipinski definition) is 1. The average molecular weight is 165 g/mol. The van der Waals surface area contributed by atoms with Crippen LogP contribution in [0.5, 0.6) is 5.88 Å². The Hall–Kier alpha value is -1.78. The zero-order chi connectivity index (χ0) is 8.55. The van der Waals surface area contributed by atoms with Crippen molar-refractivity contribution in [1.82, 2.24) is 14.9 Å². The predicted octanol–water partition coefficient (Wildman–Crippen LogP) is 0.629. The number of nitrogens with zero attached hydrogens (tertiary/aromatic N) is 3. The highest BCUT2D eigenvalue weighted by Crippen LogP contribution is 2.22. The number of rotatable bonds is 1. The summed E-state index contributed by atoms with van der Waals surface area (Å²) in [5.41, 5.74) is 0.776. The van der Waals surface area contributed by atoms with Gasteiger partial charge < -0.3 is 9.94 Å². The van der Waals surface area contributed by atoms with Gasteiger partial charge in [0.15, 0.2) is 0 Å². The maximum Gasteiger partial charge on any atom is 0.229 e. The molecule has 0 saturated carbocycles. The van der Waals surface area contributed by atoms with Crippen molar-refractivity contribution in [3.05, 3.63) is 18.3 Å². The Labute approximate surface area is 68.5 Å². The van der Waals surface area contributed by atoms with Crippen LogP contribution in [0.1, 0.15) is 0 Å². The SMILES string of the molecule is COc1ccc2cnnc-2n1O. The molecule has 0 radical (unpaired) electrons. The maximum atomic E-state index is 9.43. The molecule has 0 aromatic heterocycles. The molecule has 5 heteroatoms. The molecule has 0 aromatic rings. The van der Waals surface area contributed by atoms with Gasteiger partial charge in [-0.2, -0.15) is 5.10 Å². The summed E-state index contributed by atoms with van der Waals surface area (Å²) in [6, 6.07) is 3.42. The number of fused-ring (bicyclic) bond motifs is 1. The summed E-state index contributed by atoms with van der Waals surface area (Å²) in [7, 11) is 1.48. The van der Waals surface area contributed by atoms with Crippen molar-refractivity contribution in [3.8, 4) is 17.3 Å².